The maximum Gasteiger partial charge on any atom is 0.123 e. The standard InChI is InChI=1S/C12H18FNS/c1-12(2,3)15-8-10-4-9(7-14)5-11(13)6-10/h4-6H,7-8,14H2,1-3H3. The van der Waals surface area contributed by atoms with Gasteiger partial charge in [-0.05, 0) is 23.3 Å². The number of hydrogen-bond acceptors (Lipinski definition) is 2. The number of hydrogen-bond donors (Lipinski definition) is 1. The highest BCUT2D eigenvalue weighted by molar-refractivity contribution is 7.99. The van der Waals surface area contributed by atoms with Gasteiger partial charge in [0.15, 0.2) is 0 Å². The van der Waals surface area contributed by atoms with Gasteiger partial charge in [0.05, 0.1) is 0 Å². The fourth-order valence-electron chi connectivity index (χ4n) is 1.22. The van der Waals surface area contributed by atoms with E-state index in [1.807, 2.05) is 17.8 Å². The molecule has 0 aromatic heterocycles. The second-order valence-corrected chi connectivity index (χ2v) is 6.37. The first-order valence-electron chi connectivity index (χ1n) is 5.03. The minimum atomic E-state index is -0.192. The van der Waals surface area contributed by atoms with Crippen LogP contribution in [0.25, 0.3) is 0 Å². The number of halogens is 1. The van der Waals surface area contributed by atoms with Crippen molar-refractivity contribution < 1.29 is 4.39 Å². The summed E-state index contributed by atoms with van der Waals surface area (Å²) in [6.07, 6.45) is 0. The SMILES string of the molecule is CC(C)(C)SCc1cc(F)cc(CN)c1. The Balaban J connectivity index is 2.73. The monoisotopic (exact) mass is 227 g/mol. The van der Waals surface area contributed by atoms with Crippen LogP contribution >= 0.6 is 11.8 Å². The largest absolute Gasteiger partial charge is 0.326 e. The van der Waals surface area contributed by atoms with E-state index in [4.69, 9.17) is 5.73 Å². The minimum Gasteiger partial charge on any atom is -0.326 e. The van der Waals surface area contributed by atoms with Crippen LogP contribution < -0.4 is 5.73 Å². The molecule has 0 atom stereocenters. The quantitative estimate of drug-likeness (QED) is 0.857. The van der Waals surface area contributed by atoms with Crippen LogP contribution in [0, 0.1) is 5.82 Å². The molecule has 0 aliphatic carbocycles. The Morgan fingerprint density at radius 3 is 2.33 bits per heavy atom. The zero-order valence-electron chi connectivity index (χ0n) is 9.51. The van der Waals surface area contributed by atoms with E-state index in [0.717, 1.165) is 16.9 Å². The summed E-state index contributed by atoms with van der Waals surface area (Å²) in [5.41, 5.74) is 7.37. The number of nitrogens with two attached hydrogens (primary N) is 1. The van der Waals surface area contributed by atoms with E-state index in [2.05, 4.69) is 20.8 Å². The molecule has 0 amide bonds. The van der Waals surface area contributed by atoms with Crippen LogP contribution in [0.4, 0.5) is 4.39 Å². The van der Waals surface area contributed by atoms with Crippen molar-refractivity contribution in [2.24, 2.45) is 5.73 Å². The van der Waals surface area contributed by atoms with Crippen LogP contribution in [0.3, 0.4) is 0 Å². The van der Waals surface area contributed by atoms with Crippen molar-refractivity contribution in [3.05, 3.63) is 35.1 Å². The lowest BCUT2D eigenvalue weighted by Crippen LogP contribution is -2.07. The van der Waals surface area contributed by atoms with Crippen LogP contribution in [0.1, 0.15) is 31.9 Å². The average molecular weight is 227 g/mol. The Kier molecular flexibility index (Phi) is 4.17. The molecule has 0 heterocycles. The first-order valence-corrected chi connectivity index (χ1v) is 6.01. The molecule has 84 valence electrons. The summed E-state index contributed by atoms with van der Waals surface area (Å²) < 4.78 is 13.4. The number of rotatable bonds is 3. The Morgan fingerprint density at radius 2 is 1.80 bits per heavy atom. The van der Waals surface area contributed by atoms with Gasteiger partial charge in [-0.15, -0.1) is 0 Å². The lowest BCUT2D eigenvalue weighted by Gasteiger charge is -2.17. The first kappa shape index (κ1) is 12.5. The molecule has 3 heteroatoms. The van der Waals surface area contributed by atoms with Gasteiger partial charge >= 0.3 is 0 Å². The van der Waals surface area contributed by atoms with Crippen molar-refractivity contribution in [1.82, 2.24) is 0 Å². The van der Waals surface area contributed by atoms with Gasteiger partial charge in [-0.1, -0.05) is 26.8 Å². The third-order valence-electron chi connectivity index (χ3n) is 1.92. The van der Waals surface area contributed by atoms with Crippen LogP contribution in [0.2, 0.25) is 0 Å². The molecule has 0 unspecified atom stereocenters. The third kappa shape index (κ3) is 4.67. The highest BCUT2D eigenvalue weighted by Gasteiger charge is 2.11. The highest BCUT2D eigenvalue weighted by Crippen LogP contribution is 2.27. The van der Waals surface area contributed by atoms with E-state index in [-0.39, 0.29) is 10.6 Å². The summed E-state index contributed by atoms with van der Waals surface area (Å²) in [7, 11) is 0. The third-order valence-corrected chi connectivity index (χ3v) is 3.27. The Hall–Kier alpha value is -0.540. The summed E-state index contributed by atoms with van der Waals surface area (Å²) in [5, 5.41) is 0. The Morgan fingerprint density at radius 1 is 1.20 bits per heavy atom. The maximum atomic E-state index is 13.2. The van der Waals surface area contributed by atoms with Crippen molar-refractivity contribution in [3.8, 4) is 0 Å². The fourth-order valence-corrected chi connectivity index (χ4v) is 1.98. The second kappa shape index (κ2) is 4.99. The van der Waals surface area contributed by atoms with E-state index in [9.17, 15) is 4.39 Å². The summed E-state index contributed by atoms with van der Waals surface area (Å²) >= 11 is 1.81. The summed E-state index contributed by atoms with van der Waals surface area (Å²) in [6.45, 7) is 6.85. The lowest BCUT2D eigenvalue weighted by molar-refractivity contribution is 0.624. The summed E-state index contributed by atoms with van der Waals surface area (Å²) in [5.74, 6) is 0.635. The maximum absolute atomic E-state index is 13.2. The second-order valence-electron chi connectivity index (χ2n) is 4.57. The molecule has 1 aromatic rings. The molecule has 0 saturated carbocycles. The van der Waals surface area contributed by atoms with E-state index >= 15 is 0 Å². The summed E-state index contributed by atoms with van der Waals surface area (Å²) in [6, 6.07) is 5.05. The molecule has 15 heavy (non-hydrogen) atoms. The molecule has 0 bridgehead atoms. The van der Waals surface area contributed by atoms with Crippen molar-refractivity contribution in [2.75, 3.05) is 0 Å². The van der Waals surface area contributed by atoms with Gasteiger partial charge in [-0.3, -0.25) is 0 Å². The van der Waals surface area contributed by atoms with Crippen LogP contribution in [-0.2, 0) is 12.3 Å². The van der Waals surface area contributed by atoms with Crippen LogP contribution in [-0.4, -0.2) is 4.75 Å². The Labute approximate surface area is 95.2 Å². The van der Waals surface area contributed by atoms with Crippen molar-refractivity contribution >= 4 is 11.8 Å². The van der Waals surface area contributed by atoms with E-state index in [0.29, 0.717) is 6.54 Å². The lowest BCUT2D eigenvalue weighted by atomic mass is 10.1. The van der Waals surface area contributed by atoms with Crippen LogP contribution in [0.5, 0.6) is 0 Å². The average Bonchev–Trinajstić information content (AvgIpc) is 2.13. The zero-order valence-corrected chi connectivity index (χ0v) is 10.3. The van der Waals surface area contributed by atoms with E-state index < -0.39 is 0 Å². The molecule has 0 fully saturated rings. The molecule has 0 radical (unpaired) electrons. The Bertz CT molecular complexity index is 331. The minimum absolute atomic E-state index is 0.192. The van der Waals surface area contributed by atoms with Gasteiger partial charge in [0.2, 0.25) is 0 Å². The predicted molar refractivity (Wildman–Crippen MR) is 65.3 cm³/mol. The molecule has 1 rings (SSSR count). The molecule has 0 spiro atoms. The molecule has 0 saturated heterocycles. The smallest absolute Gasteiger partial charge is 0.123 e. The normalized spacial score (nSPS) is 11.8. The summed E-state index contributed by atoms with van der Waals surface area (Å²) in [4.78, 5) is 0. The molecule has 2 N–H and O–H groups in total. The van der Waals surface area contributed by atoms with Gasteiger partial charge in [0, 0.05) is 17.0 Å². The van der Waals surface area contributed by atoms with Gasteiger partial charge < -0.3 is 5.73 Å². The van der Waals surface area contributed by atoms with Gasteiger partial charge in [-0.2, -0.15) is 11.8 Å². The molecule has 0 aliphatic heterocycles. The number of benzene rings is 1. The van der Waals surface area contributed by atoms with Crippen LogP contribution in [0.15, 0.2) is 18.2 Å². The number of thioether (sulfide) groups is 1. The van der Waals surface area contributed by atoms with Crippen molar-refractivity contribution in [1.29, 1.82) is 0 Å². The molecular weight excluding hydrogens is 209 g/mol. The van der Waals surface area contributed by atoms with Gasteiger partial charge in [0.25, 0.3) is 0 Å². The van der Waals surface area contributed by atoms with E-state index in [1.165, 1.54) is 6.07 Å². The fraction of sp³-hybridized carbons (Fsp3) is 0.500. The molecule has 0 aliphatic rings. The van der Waals surface area contributed by atoms with E-state index in [1.54, 1.807) is 6.07 Å². The molecule has 1 nitrogen and oxygen atoms in total. The zero-order chi connectivity index (χ0) is 11.5. The molecular formula is C12H18FNS. The first-order chi connectivity index (χ1) is 6.90. The predicted octanol–water partition coefficient (Wildman–Crippen LogP) is 3.32. The van der Waals surface area contributed by atoms with Crippen molar-refractivity contribution in [3.63, 3.8) is 0 Å². The van der Waals surface area contributed by atoms with Gasteiger partial charge in [0.1, 0.15) is 5.82 Å². The topological polar surface area (TPSA) is 26.0 Å². The van der Waals surface area contributed by atoms with Gasteiger partial charge in [-0.25, -0.2) is 4.39 Å². The highest BCUT2D eigenvalue weighted by atomic mass is 32.2. The molecule has 1 aromatic carbocycles. The van der Waals surface area contributed by atoms with Crippen molar-refractivity contribution in [2.45, 2.75) is 37.8 Å².